The van der Waals surface area contributed by atoms with Crippen LogP contribution < -0.4 is 15.4 Å². The van der Waals surface area contributed by atoms with Crippen molar-refractivity contribution in [2.75, 3.05) is 11.9 Å². The molecular formula is C23H18F2N4O3. The molecule has 2 amide bonds. The Hall–Kier alpha value is -4.27. The molecule has 0 saturated heterocycles. The molecule has 1 aromatic heterocycles. The van der Waals surface area contributed by atoms with Gasteiger partial charge in [-0.2, -0.15) is 5.10 Å². The fourth-order valence-corrected chi connectivity index (χ4v) is 3.03. The van der Waals surface area contributed by atoms with Crippen LogP contribution >= 0.6 is 0 Å². The summed E-state index contributed by atoms with van der Waals surface area (Å²) in [6, 6.07) is 17.0. The van der Waals surface area contributed by atoms with Crippen molar-refractivity contribution in [3.8, 4) is 5.75 Å². The Kier molecular flexibility index (Phi) is 6.07. The summed E-state index contributed by atoms with van der Waals surface area (Å²) < 4.78 is 33.1. The molecule has 0 spiro atoms. The number of carbonyl (C=O) groups excluding carboxylic acids is 2. The van der Waals surface area contributed by atoms with Crippen LogP contribution in [0.5, 0.6) is 5.75 Å². The third kappa shape index (κ3) is 4.72. The zero-order chi connectivity index (χ0) is 22.5. The van der Waals surface area contributed by atoms with Gasteiger partial charge in [0, 0.05) is 10.9 Å². The Balaban J connectivity index is 1.41. The molecule has 0 radical (unpaired) electrons. The second kappa shape index (κ2) is 9.25. The third-order valence-electron chi connectivity index (χ3n) is 4.68. The monoisotopic (exact) mass is 436 g/mol. The molecule has 0 bridgehead atoms. The minimum absolute atomic E-state index is 0.178. The van der Waals surface area contributed by atoms with Crippen LogP contribution in [0, 0.1) is 11.6 Å². The minimum atomic E-state index is -0.695. The van der Waals surface area contributed by atoms with Crippen molar-refractivity contribution in [1.82, 2.24) is 15.5 Å². The normalized spacial score (nSPS) is 10.7. The lowest BCUT2D eigenvalue weighted by atomic mass is 10.2. The minimum Gasteiger partial charge on any atom is -0.489 e. The highest BCUT2D eigenvalue weighted by atomic mass is 19.1. The molecule has 0 unspecified atom stereocenters. The summed E-state index contributed by atoms with van der Waals surface area (Å²) >= 11 is 0. The number of hydrogen-bond donors (Lipinski definition) is 3. The summed E-state index contributed by atoms with van der Waals surface area (Å²) in [4.78, 5) is 24.3. The summed E-state index contributed by atoms with van der Waals surface area (Å²) in [6.45, 7) is -0.542. The van der Waals surface area contributed by atoms with Gasteiger partial charge in [0.2, 0.25) is 5.91 Å². The zero-order valence-electron chi connectivity index (χ0n) is 16.7. The van der Waals surface area contributed by atoms with Crippen LogP contribution in [0.15, 0.2) is 66.7 Å². The van der Waals surface area contributed by atoms with Gasteiger partial charge in [-0.25, -0.2) is 8.78 Å². The van der Waals surface area contributed by atoms with E-state index < -0.39 is 17.5 Å². The largest absolute Gasteiger partial charge is 0.489 e. The number of nitrogens with zero attached hydrogens (tertiary/aromatic N) is 1. The maximum absolute atomic E-state index is 13.8. The van der Waals surface area contributed by atoms with Gasteiger partial charge in [-0.3, -0.25) is 14.7 Å². The second-order valence-electron chi connectivity index (χ2n) is 6.87. The van der Waals surface area contributed by atoms with Crippen molar-refractivity contribution in [2.24, 2.45) is 0 Å². The molecule has 0 saturated carbocycles. The summed E-state index contributed by atoms with van der Waals surface area (Å²) in [5.74, 6) is -1.65. The number of anilines is 1. The number of halogens is 2. The van der Waals surface area contributed by atoms with E-state index >= 15 is 0 Å². The van der Waals surface area contributed by atoms with Gasteiger partial charge in [0.25, 0.3) is 5.91 Å². The van der Waals surface area contributed by atoms with Gasteiger partial charge in [-0.15, -0.1) is 0 Å². The molecule has 0 aliphatic rings. The highest BCUT2D eigenvalue weighted by Crippen LogP contribution is 2.26. The molecule has 1 heterocycles. The molecule has 4 rings (SSSR count). The quantitative estimate of drug-likeness (QED) is 0.411. The van der Waals surface area contributed by atoms with Gasteiger partial charge < -0.3 is 15.4 Å². The predicted molar refractivity (Wildman–Crippen MR) is 114 cm³/mol. The number of aromatic nitrogens is 2. The fourth-order valence-electron chi connectivity index (χ4n) is 3.03. The average molecular weight is 436 g/mol. The number of aromatic amines is 1. The van der Waals surface area contributed by atoms with E-state index in [2.05, 4.69) is 20.8 Å². The van der Waals surface area contributed by atoms with E-state index in [1.54, 1.807) is 48.5 Å². The van der Waals surface area contributed by atoms with Gasteiger partial charge in [-0.05, 0) is 42.5 Å². The van der Waals surface area contributed by atoms with Gasteiger partial charge >= 0.3 is 0 Å². The lowest BCUT2D eigenvalue weighted by Gasteiger charge is -2.09. The lowest BCUT2D eigenvalue weighted by molar-refractivity contribution is -0.115. The highest BCUT2D eigenvalue weighted by molar-refractivity contribution is 6.03. The van der Waals surface area contributed by atoms with Crippen molar-refractivity contribution < 1.29 is 23.1 Å². The van der Waals surface area contributed by atoms with Gasteiger partial charge in [0.05, 0.1) is 17.6 Å². The highest BCUT2D eigenvalue weighted by Gasteiger charge is 2.13. The van der Waals surface area contributed by atoms with E-state index in [9.17, 15) is 18.4 Å². The Morgan fingerprint density at radius 3 is 2.47 bits per heavy atom. The van der Waals surface area contributed by atoms with E-state index in [-0.39, 0.29) is 30.4 Å². The second-order valence-corrected chi connectivity index (χ2v) is 6.87. The first kappa shape index (κ1) is 21.0. The molecular weight excluding hydrogens is 418 g/mol. The molecule has 0 fully saturated rings. The van der Waals surface area contributed by atoms with Crippen LogP contribution in [0.25, 0.3) is 10.9 Å². The number of fused-ring (bicyclic) bond motifs is 1. The van der Waals surface area contributed by atoms with Crippen molar-refractivity contribution in [2.45, 2.75) is 6.61 Å². The number of carbonyl (C=O) groups is 2. The van der Waals surface area contributed by atoms with Crippen molar-refractivity contribution in [3.63, 3.8) is 0 Å². The van der Waals surface area contributed by atoms with E-state index in [0.29, 0.717) is 22.2 Å². The zero-order valence-corrected chi connectivity index (χ0v) is 16.7. The van der Waals surface area contributed by atoms with Crippen LogP contribution in [0.4, 0.5) is 14.6 Å². The fraction of sp³-hybridized carbons (Fsp3) is 0.0870. The molecule has 162 valence electrons. The number of nitrogens with one attached hydrogen (secondary N) is 3. The van der Waals surface area contributed by atoms with E-state index in [0.717, 1.165) is 12.1 Å². The van der Waals surface area contributed by atoms with Crippen molar-refractivity contribution in [3.05, 3.63) is 89.5 Å². The van der Waals surface area contributed by atoms with Gasteiger partial charge in [-0.1, -0.05) is 24.3 Å². The van der Waals surface area contributed by atoms with E-state index in [1.165, 1.54) is 6.07 Å². The molecule has 32 heavy (non-hydrogen) atoms. The molecule has 0 aliphatic carbocycles. The standard InChI is InChI=1S/C23H18F2N4O3/c24-18-7-4-8-19(25)17(18)13-32-15-9-10-20-16(11-15)22(29-28-20)27-21(30)12-26-23(31)14-5-2-1-3-6-14/h1-11H,12-13H2,(H,26,31)(H2,27,28,29,30). The van der Waals surface area contributed by atoms with Crippen LogP contribution in [-0.4, -0.2) is 28.6 Å². The maximum Gasteiger partial charge on any atom is 0.251 e. The molecule has 7 nitrogen and oxygen atoms in total. The number of hydrogen-bond acceptors (Lipinski definition) is 4. The van der Waals surface area contributed by atoms with Crippen molar-refractivity contribution >= 4 is 28.5 Å². The Bertz CT molecular complexity index is 1250. The number of rotatable bonds is 7. The molecule has 0 aliphatic heterocycles. The van der Waals surface area contributed by atoms with E-state index in [1.807, 2.05) is 0 Å². The van der Waals surface area contributed by atoms with Crippen LogP contribution in [0.3, 0.4) is 0 Å². The summed E-state index contributed by atoms with van der Waals surface area (Å²) in [7, 11) is 0. The summed E-state index contributed by atoms with van der Waals surface area (Å²) in [6.07, 6.45) is 0. The van der Waals surface area contributed by atoms with Crippen LogP contribution in [0.1, 0.15) is 15.9 Å². The molecule has 9 heteroatoms. The smallest absolute Gasteiger partial charge is 0.251 e. The van der Waals surface area contributed by atoms with E-state index in [4.69, 9.17) is 4.74 Å². The number of H-pyrrole nitrogens is 1. The Labute approximate surface area is 181 Å². The number of amides is 2. The average Bonchev–Trinajstić information content (AvgIpc) is 3.19. The number of ether oxygens (including phenoxy) is 1. The maximum atomic E-state index is 13.8. The van der Waals surface area contributed by atoms with Gasteiger partial charge in [0.1, 0.15) is 24.0 Å². The van der Waals surface area contributed by atoms with Crippen LogP contribution in [-0.2, 0) is 11.4 Å². The predicted octanol–water partition coefficient (Wildman–Crippen LogP) is 3.79. The summed E-state index contributed by atoms with van der Waals surface area (Å²) in [5, 5.41) is 12.5. The number of benzene rings is 3. The lowest BCUT2D eigenvalue weighted by Crippen LogP contribution is -2.32. The first-order valence-corrected chi connectivity index (χ1v) is 9.68. The third-order valence-corrected chi connectivity index (χ3v) is 4.68. The molecule has 0 atom stereocenters. The summed E-state index contributed by atoms with van der Waals surface area (Å²) in [5.41, 5.74) is 0.888. The van der Waals surface area contributed by atoms with Gasteiger partial charge in [0.15, 0.2) is 5.82 Å². The SMILES string of the molecule is O=C(CNC(=O)c1ccccc1)Nc1n[nH]c2ccc(OCc3c(F)cccc3F)cc12. The van der Waals surface area contributed by atoms with Crippen LogP contribution in [0.2, 0.25) is 0 Å². The Morgan fingerprint density at radius 2 is 1.72 bits per heavy atom. The topological polar surface area (TPSA) is 96.1 Å². The van der Waals surface area contributed by atoms with Crippen molar-refractivity contribution in [1.29, 1.82) is 0 Å². The first-order chi connectivity index (χ1) is 15.5. The first-order valence-electron chi connectivity index (χ1n) is 9.68. The Morgan fingerprint density at radius 1 is 0.969 bits per heavy atom. The molecule has 3 N–H and O–H groups in total. The molecule has 4 aromatic rings. The molecule has 3 aromatic carbocycles.